The standard InChI is InChI=1S/C13H15FN4O/c1-9-4-6-18(17-9)7-5-13(19)16-12-3-2-10(14)8-11(12)15/h2-4,6,8H,5,7,15H2,1H3,(H,16,19). The first kappa shape index (κ1) is 13.1. The molecule has 3 N–H and O–H groups in total. The minimum absolute atomic E-state index is 0.188. The minimum atomic E-state index is -0.428. The van der Waals surface area contributed by atoms with Gasteiger partial charge in [0.1, 0.15) is 5.82 Å². The van der Waals surface area contributed by atoms with E-state index in [2.05, 4.69) is 10.4 Å². The zero-order valence-electron chi connectivity index (χ0n) is 10.6. The molecule has 19 heavy (non-hydrogen) atoms. The Labute approximate surface area is 110 Å². The van der Waals surface area contributed by atoms with Gasteiger partial charge < -0.3 is 11.1 Å². The molecule has 1 heterocycles. The minimum Gasteiger partial charge on any atom is -0.397 e. The molecule has 0 unspecified atom stereocenters. The van der Waals surface area contributed by atoms with Gasteiger partial charge in [-0.3, -0.25) is 9.48 Å². The maximum atomic E-state index is 12.9. The zero-order valence-corrected chi connectivity index (χ0v) is 10.6. The number of nitrogens with two attached hydrogens (primary N) is 1. The molecule has 5 nitrogen and oxygen atoms in total. The molecule has 0 fully saturated rings. The van der Waals surface area contributed by atoms with Crippen molar-refractivity contribution in [2.45, 2.75) is 19.9 Å². The topological polar surface area (TPSA) is 72.9 Å². The predicted octanol–water partition coefficient (Wildman–Crippen LogP) is 1.94. The number of nitrogens with one attached hydrogen (secondary N) is 1. The van der Waals surface area contributed by atoms with E-state index < -0.39 is 5.82 Å². The molecule has 0 aliphatic heterocycles. The van der Waals surface area contributed by atoms with Gasteiger partial charge in [-0.05, 0) is 31.2 Å². The Kier molecular flexibility index (Phi) is 3.79. The lowest BCUT2D eigenvalue weighted by molar-refractivity contribution is -0.116. The summed E-state index contributed by atoms with van der Waals surface area (Å²) in [7, 11) is 0. The second kappa shape index (κ2) is 5.51. The highest BCUT2D eigenvalue weighted by molar-refractivity contribution is 5.93. The van der Waals surface area contributed by atoms with Crippen LogP contribution in [0.15, 0.2) is 30.5 Å². The van der Waals surface area contributed by atoms with Crippen LogP contribution in [0.3, 0.4) is 0 Å². The number of amides is 1. The van der Waals surface area contributed by atoms with Crippen molar-refractivity contribution in [1.29, 1.82) is 0 Å². The first-order valence-corrected chi connectivity index (χ1v) is 5.89. The average molecular weight is 262 g/mol. The number of carbonyl (C=O) groups excluding carboxylic acids is 1. The van der Waals surface area contributed by atoms with Crippen LogP contribution in [-0.2, 0) is 11.3 Å². The van der Waals surface area contributed by atoms with Crippen molar-refractivity contribution in [3.63, 3.8) is 0 Å². The number of nitrogen functional groups attached to an aromatic ring is 1. The fourth-order valence-corrected chi connectivity index (χ4v) is 1.66. The number of aryl methyl sites for hydroxylation is 2. The maximum Gasteiger partial charge on any atom is 0.226 e. The van der Waals surface area contributed by atoms with Crippen molar-refractivity contribution in [3.05, 3.63) is 42.0 Å². The van der Waals surface area contributed by atoms with Crippen molar-refractivity contribution in [1.82, 2.24) is 9.78 Å². The highest BCUT2D eigenvalue weighted by atomic mass is 19.1. The molecule has 0 aliphatic rings. The van der Waals surface area contributed by atoms with Gasteiger partial charge in [0.25, 0.3) is 0 Å². The number of rotatable bonds is 4. The molecule has 0 saturated heterocycles. The Morgan fingerprint density at radius 3 is 2.89 bits per heavy atom. The third-order valence-corrected chi connectivity index (χ3v) is 2.63. The molecular formula is C13H15FN4O. The van der Waals surface area contributed by atoms with E-state index in [0.717, 1.165) is 5.69 Å². The quantitative estimate of drug-likeness (QED) is 0.827. The van der Waals surface area contributed by atoms with E-state index in [1.54, 1.807) is 4.68 Å². The Morgan fingerprint density at radius 2 is 2.26 bits per heavy atom. The van der Waals surface area contributed by atoms with Gasteiger partial charge >= 0.3 is 0 Å². The largest absolute Gasteiger partial charge is 0.397 e. The van der Waals surface area contributed by atoms with Crippen LogP contribution in [0, 0.1) is 12.7 Å². The van der Waals surface area contributed by atoms with E-state index in [9.17, 15) is 9.18 Å². The Balaban J connectivity index is 1.90. The molecule has 0 atom stereocenters. The van der Waals surface area contributed by atoms with Crippen LogP contribution in [0.1, 0.15) is 12.1 Å². The van der Waals surface area contributed by atoms with Crippen LogP contribution in [0.5, 0.6) is 0 Å². The van der Waals surface area contributed by atoms with Crippen molar-refractivity contribution in [2.24, 2.45) is 0 Å². The summed E-state index contributed by atoms with van der Waals surface area (Å²) in [6.07, 6.45) is 2.09. The predicted molar refractivity (Wildman–Crippen MR) is 71.0 cm³/mol. The Bertz CT molecular complexity index is 594. The van der Waals surface area contributed by atoms with Gasteiger partial charge in [0.15, 0.2) is 0 Å². The van der Waals surface area contributed by atoms with Crippen LogP contribution >= 0.6 is 0 Å². The molecule has 2 aromatic rings. The second-order valence-corrected chi connectivity index (χ2v) is 4.25. The monoisotopic (exact) mass is 262 g/mol. The lowest BCUT2D eigenvalue weighted by Gasteiger charge is -2.08. The first-order valence-electron chi connectivity index (χ1n) is 5.89. The second-order valence-electron chi connectivity index (χ2n) is 4.25. The smallest absolute Gasteiger partial charge is 0.226 e. The van der Waals surface area contributed by atoms with Gasteiger partial charge in [-0.1, -0.05) is 0 Å². The highest BCUT2D eigenvalue weighted by Gasteiger charge is 2.06. The Hall–Kier alpha value is -2.37. The third kappa shape index (κ3) is 3.54. The van der Waals surface area contributed by atoms with Crippen LogP contribution in [-0.4, -0.2) is 15.7 Å². The number of aromatic nitrogens is 2. The van der Waals surface area contributed by atoms with E-state index in [4.69, 9.17) is 5.73 Å². The summed E-state index contributed by atoms with van der Waals surface area (Å²) >= 11 is 0. The van der Waals surface area contributed by atoms with Gasteiger partial charge in [0.2, 0.25) is 5.91 Å². The lowest BCUT2D eigenvalue weighted by atomic mass is 10.2. The molecular weight excluding hydrogens is 247 g/mol. The van der Waals surface area contributed by atoms with Gasteiger partial charge in [-0.2, -0.15) is 5.10 Å². The van der Waals surface area contributed by atoms with E-state index >= 15 is 0 Å². The summed E-state index contributed by atoms with van der Waals surface area (Å²) in [5, 5.41) is 6.82. The molecule has 0 aliphatic carbocycles. The molecule has 0 bridgehead atoms. The summed E-state index contributed by atoms with van der Waals surface area (Å²) in [6.45, 7) is 2.37. The molecule has 0 saturated carbocycles. The molecule has 1 amide bonds. The van der Waals surface area contributed by atoms with Crippen LogP contribution in [0.4, 0.5) is 15.8 Å². The molecule has 1 aromatic heterocycles. The van der Waals surface area contributed by atoms with Crippen molar-refractivity contribution < 1.29 is 9.18 Å². The maximum absolute atomic E-state index is 12.9. The average Bonchev–Trinajstić information content (AvgIpc) is 2.76. The summed E-state index contributed by atoms with van der Waals surface area (Å²) in [5.41, 5.74) is 7.14. The Morgan fingerprint density at radius 1 is 1.47 bits per heavy atom. The van der Waals surface area contributed by atoms with Gasteiger partial charge in [-0.15, -0.1) is 0 Å². The summed E-state index contributed by atoms with van der Waals surface area (Å²) in [4.78, 5) is 11.7. The molecule has 0 radical (unpaired) electrons. The number of benzene rings is 1. The fraction of sp³-hybridized carbons (Fsp3) is 0.231. The summed E-state index contributed by atoms with van der Waals surface area (Å²) < 4.78 is 14.5. The third-order valence-electron chi connectivity index (χ3n) is 2.63. The van der Waals surface area contributed by atoms with E-state index in [1.165, 1.54) is 18.2 Å². The van der Waals surface area contributed by atoms with Crippen LogP contribution in [0.2, 0.25) is 0 Å². The van der Waals surface area contributed by atoms with Crippen LogP contribution < -0.4 is 11.1 Å². The van der Waals surface area contributed by atoms with Gasteiger partial charge in [-0.25, -0.2) is 4.39 Å². The number of anilines is 2. The van der Waals surface area contributed by atoms with E-state index in [1.807, 2.05) is 19.2 Å². The lowest BCUT2D eigenvalue weighted by Crippen LogP contribution is -2.15. The number of halogens is 1. The van der Waals surface area contributed by atoms with Crippen LogP contribution in [0.25, 0.3) is 0 Å². The number of hydrogen-bond donors (Lipinski definition) is 2. The van der Waals surface area contributed by atoms with Crippen molar-refractivity contribution in [2.75, 3.05) is 11.1 Å². The van der Waals surface area contributed by atoms with Gasteiger partial charge in [0, 0.05) is 19.2 Å². The molecule has 6 heteroatoms. The highest BCUT2D eigenvalue weighted by Crippen LogP contribution is 2.19. The van der Waals surface area contributed by atoms with Crippen molar-refractivity contribution in [3.8, 4) is 0 Å². The molecule has 0 spiro atoms. The first-order chi connectivity index (χ1) is 9.04. The molecule has 100 valence electrons. The SMILES string of the molecule is Cc1ccn(CCC(=O)Nc2ccc(F)cc2N)n1. The number of hydrogen-bond acceptors (Lipinski definition) is 3. The van der Waals surface area contributed by atoms with E-state index in [0.29, 0.717) is 12.2 Å². The molecule has 1 aromatic carbocycles. The number of carbonyl (C=O) groups is 1. The summed E-state index contributed by atoms with van der Waals surface area (Å²) in [6, 6.07) is 5.74. The van der Waals surface area contributed by atoms with Gasteiger partial charge in [0.05, 0.1) is 17.1 Å². The molecule has 2 rings (SSSR count). The van der Waals surface area contributed by atoms with Crippen molar-refractivity contribution >= 4 is 17.3 Å². The zero-order chi connectivity index (χ0) is 13.8. The summed E-state index contributed by atoms with van der Waals surface area (Å²) in [5.74, 6) is -0.617. The number of nitrogens with zero attached hydrogens (tertiary/aromatic N) is 2. The fourth-order valence-electron chi connectivity index (χ4n) is 1.66. The normalized spacial score (nSPS) is 10.4. The van der Waals surface area contributed by atoms with E-state index in [-0.39, 0.29) is 18.0 Å².